The van der Waals surface area contributed by atoms with Gasteiger partial charge in [0.2, 0.25) is 0 Å². The van der Waals surface area contributed by atoms with Gasteiger partial charge in [0.15, 0.2) is 0 Å². The molecule has 0 aliphatic rings. The molecule has 1 rings (SSSR count). The molecule has 1 aromatic carbocycles. The summed E-state index contributed by atoms with van der Waals surface area (Å²) in [6.45, 7) is 8.74. The van der Waals surface area contributed by atoms with Crippen molar-refractivity contribution in [1.82, 2.24) is 0 Å². The van der Waals surface area contributed by atoms with Gasteiger partial charge < -0.3 is 5.11 Å². The van der Waals surface area contributed by atoms with Crippen LogP contribution in [0.15, 0.2) is 17.1 Å². The Morgan fingerprint density at radius 1 is 1.27 bits per heavy atom. The van der Waals surface area contributed by atoms with E-state index in [1.807, 2.05) is 6.07 Å². The minimum absolute atomic E-state index is 0.408. The smallest absolute Gasteiger partial charge is 0.123 e. The average molecular weight is 221 g/mol. The number of hydrogen-bond donors (Lipinski definition) is 1. The lowest BCUT2D eigenvalue weighted by atomic mass is 10.1. The number of phenolic OH excluding ortho intramolecular Hbond substituents is 1. The second-order valence-corrected chi connectivity index (χ2v) is 9.93. The summed E-state index contributed by atoms with van der Waals surface area (Å²) in [7, 11) is 0.237. The highest BCUT2D eigenvalue weighted by molar-refractivity contribution is 6.89. The predicted molar refractivity (Wildman–Crippen MR) is 69.3 cm³/mol. The van der Waals surface area contributed by atoms with Gasteiger partial charge in [0.25, 0.3) is 0 Å². The first-order valence-corrected chi connectivity index (χ1v) is 8.62. The molecular weight excluding hydrogens is 202 g/mol. The summed E-state index contributed by atoms with van der Waals surface area (Å²) in [6.07, 6.45) is 1.71. The lowest BCUT2D eigenvalue weighted by molar-refractivity contribution is 0.478. The molecule has 0 fully saturated rings. The lowest BCUT2D eigenvalue weighted by Crippen LogP contribution is -2.38. The van der Waals surface area contributed by atoms with Gasteiger partial charge in [0.1, 0.15) is 5.75 Å². The van der Waals surface area contributed by atoms with Gasteiger partial charge in [-0.25, -0.2) is 0 Å². The molecule has 15 heavy (non-hydrogen) atoms. The second-order valence-electron chi connectivity index (χ2n) is 4.89. The van der Waals surface area contributed by atoms with Gasteiger partial charge in [-0.15, -0.1) is 0 Å². The Labute approximate surface area is 92.7 Å². The van der Waals surface area contributed by atoms with Crippen molar-refractivity contribution in [2.24, 2.45) is 4.99 Å². The van der Waals surface area contributed by atoms with Gasteiger partial charge in [0.05, 0.1) is 8.07 Å². The van der Waals surface area contributed by atoms with Gasteiger partial charge >= 0.3 is 0 Å². The number of aliphatic imine (C=N–C) groups is 1. The molecule has 0 saturated carbocycles. The van der Waals surface area contributed by atoms with Gasteiger partial charge in [-0.05, 0) is 18.2 Å². The molecule has 1 aromatic rings. The van der Waals surface area contributed by atoms with Crippen LogP contribution in [0.4, 0.5) is 0 Å². The molecule has 3 heteroatoms. The molecule has 0 spiro atoms. The molecule has 0 aliphatic heterocycles. The monoisotopic (exact) mass is 221 g/mol. The van der Waals surface area contributed by atoms with Crippen LogP contribution in [-0.2, 0) is 0 Å². The van der Waals surface area contributed by atoms with Crippen LogP contribution in [0.25, 0.3) is 0 Å². The van der Waals surface area contributed by atoms with Gasteiger partial charge in [-0.3, -0.25) is 4.99 Å². The number of nitrogens with zero attached hydrogens (tertiary/aromatic N) is 1. The zero-order chi connectivity index (χ0) is 11.6. The van der Waals surface area contributed by atoms with Crippen LogP contribution in [0, 0.1) is 6.92 Å². The summed E-state index contributed by atoms with van der Waals surface area (Å²) in [4.78, 5) is 3.96. The number of rotatable bonds is 2. The maximum Gasteiger partial charge on any atom is 0.123 e. The number of phenols is 1. The molecule has 0 saturated heterocycles. The largest absolute Gasteiger partial charge is 0.507 e. The van der Waals surface area contributed by atoms with Crippen molar-refractivity contribution in [3.63, 3.8) is 0 Å². The molecule has 0 bridgehead atoms. The van der Waals surface area contributed by atoms with Crippen LogP contribution in [0.1, 0.15) is 11.1 Å². The molecule has 0 amide bonds. The Hall–Kier alpha value is -1.09. The van der Waals surface area contributed by atoms with E-state index in [2.05, 4.69) is 37.6 Å². The van der Waals surface area contributed by atoms with E-state index in [1.165, 1.54) is 5.56 Å². The quantitative estimate of drug-likeness (QED) is 0.603. The highest BCUT2D eigenvalue weighted by atomic mass is 28.3. The Balaban J connectivity index is 3.41. The summed E-state index contributed by atoms with van der Waals surface area (Å²) >= 11 is 0. The number of aryl methyl sites for hydroxylation is 1. The van der Waals surface area contributed by atoms with E-state index < -0.39 is 8.07 Å². The van der Waals surface area contributed by atoms with Crippen LogP contribution in [0.3, 0.4) is 0 Å². The minimum Gasteiger partial charge on any atom is -0.507 e. The Bertz CT molecular complexity index is 391. The van der Waals surface area contributed by atoms with Crippen molar-refractivity contribution < 1.29 is 5.11 Å². The molecular formula is C12H19NOSi. The summed E-state index contributed by atoms with van der Waals surface area (Å²) in [5, 5.41) is 11.2. The van der Waals surface area contributed by atoms with E-state index in [0.29, 0.717) is 5.75 Å². The molecule has 0 radical (unpaired) electrons. The minimum atomic E-state index is -1.48. The third-order valence-electron chi connectivity index (χ3n) is 2.36. The fourth-order valence-electron chi connectivity index (χ4n) is 1.62. The zero-order valence-electron chi connectivity index (χ0n) is 10.1. The Morgan fingerprint density at radius 3 is 2.33 bits per heavy atom. The normalized spacial score (nSPS) is 12.3. The summed E-state index contributed by atoms with van der Waals surface area (Å²) < 4.78 is 0. The third-order valence-corrected chi connectivity index (χ3v) is 4.36. The van der Waals surface area contributed by atoms with E-state index >= 15 is 0 Å². The molecule has 0 aromatic heterocycles. The van der Waals surface area contributed by atoms with E-state index in [4.69, 9.17) is 0 Å². The number of aromatic hydroxyl groups is 1. The Morgan fingerprint density at radius 2 is 1.87 bits per heavy atom. The molecule has 0 aliphatic carbocycles. The van der Waals surface area contributed by atoms with Crippen molar-refractivity contribution in [3.8, 4) is 5.75 Å². The van der Waals surface area contributed by atoms with Gasteiger partial charge in [0, 0.05) is 18.8 Å². The third kappa shape index (κ3) is 2.69. The lowest BCUT2D eigenvalue weighted by Gasteiger charge is -2.20. The molecule has 0 heterocycles. The van der Waals surface area contributed by atoms with Crippen molar-refractivity contribution in [1.29, 1.82) is 0 Å². The van der Waals surface area contributed by atoms with Crippen molar-refractivity contribution >= 4 is 19.5 Å². The topological polar surface area (TPSA) is 32.6 Å². The second kappa shape index (κ2) is 4.19. The standard InChI is InChI=1S/C12H19NOSi/c1-9-6-10(8-13-2)12(14)11(7-9)15(3,4)5/h6-8,14H,1-5H3. The fourth-order valence-corrected chi connectivity index (χ4v) is 3.13. The highest BCUT2D eigenvalue weighted by Crippen LogP contribution is 2.19. The molecule has 2 nitrogen and oxygen atoms in total. The number of hydrogen-bond acceptors (Lipinski definition) is 2. The predicted octanol–water partition coefficient (Wildman–Crippen LogP) is 2.29. The molecule has 82 valence electrons. The van der Waals surface area contributed by atoms with E-state index in [-0.39, 0.29) is 0 Å². The Kier molecular flexibility index (Phi) is 3.34. The first-order chi connectivity index (χ1) is 6.86. The number of benzene rings is 1. The SMILES string of the molecule is CN=Cc1cc(C)cc([Si](C)(C)C)c1O. The van der Waals surface area contributed by atoms with Crippen LogP contribution in [0.2, 0.25) is 19.6 Å². The average Bonchev–Trinajstić information content (AvgIpc) is 2.09. The molecule has 0 unspecified atom stereocenters. The molecule has 0 atom stereocenters. The fraction of sp³-hybridized carbons (Fsp3) is 0.417. The summed E-state index contributed by atoms with van der Waals surface area (Å²) in [5.41, 5.74) is 2.01. The highest BCUT2D eigenvalue weighted by Gasteiger charge is 2.22. The van der Waals surface area contributed by atoms with Crippen LogP contribution < -0.4 is 5.19 Å². The first kappa shape index (κ1) is 12.0. The molecule has 1 N–H and O–H groups in total. The maximum absolute atomic E-state index is 10.1. The van der Waals surface area contributed by atoms with Crippen molar-refractivity contribution in [3.05, 3.63) is 23.3 Å². The zero-order valence-corrected chi connectivity index (χ0v) is 11.1. The summed E-state index contributed by atoms with van der Waals surface area (Å²) in [5.74, 6) is 0.408. The van der Waals surface area contributed by atoms with Gasteiger partial charge in [-0.1, -0.05) is 31.3 Å². The van der Waals surface area contributed by atoms with Crippen molar-refractivity contribution in [2.75, 3.05) is 7.05 Å². The van der Waals surface area contributed by atoms with Crippen molar-refractivity contribution in [2.45, 2.75) is 26.6 Å². The summed E-state index contributed by atoms with van der Waals surface area (Å²) in [6, 6.07) is 4.06. The van der Waals surface area contributed by atoms with E-state index in [9.17, 15) is 5.11 Å². The van der Waals surface area contributed by atoms with Crippen LogP contribution in [0.5, 0.6) is 5.75 Å². The van der Waals surface area contributed by atoms with E-state index in [0.717, 1.165) is 10.8 Å². The first-order valence-electron chi connectivity index (χ1n) is 5.12. The van der Waals surface area contributed by atoms with Crippen LogP contribution in [-0.4, -0.2) is 26.4 Å². The van der Waals surface area contributed by atoms with Crippen LogP contribution >= 0.6 is 0 Å². The van der Waals surface area contributed by atoms with Gasteiger partial charge in [-0.2, -0.15) is 0 Å². The van der Waals surface area contributed by atoms with E-state index in [1.54, 1.807) is 13.3 Å². The maximum atomic E-state index is 10.1.